The standard InChI is InChI=1S/C29H23N3/c1-21-11-5-6-14-23(21)26-17-9-19-28(30-26)32-29-20-10-18-27(31-29)25-16-8-7-15-24(25)22-12-3-2-4-13-22/h2-20H,1H3,(H,30,31,32). The van der Waals surface area contributed by atoms with E-state index in [2.05, 4.69) is 72.9 Å². The number of nitrogens with zero attached hydrogens (tertiary/aromatic N) is 2. The van der Waals surface area contributed by atoms with E-state index in [1.54, 1.807) is 0 Å². The third-order valence-corrected chi connectivity index (χ3v) is 5.46. The number of benzene rings is 3. The summed E-state index contributed by atoms with van der Waals surface area (Å²) in [4.78, 5) is 9.71. The minimum atomic E-state index is 0.764. The predicted octanol–water partition coefficient (Wildman–Crippen LogP) is 7.53. The number of aromatic nitrogens is 2. The number of anilines is 2. The fourth-order valence-electron chi connectivity index (χ4n) is 3.88. The first-order chi connectivity index (χ1) is 15.8. The van der Waals surface area contributed by atoms with Crippen LogP contribution in [0.4, 0.5) is 11.6 Å². The Morgan fingerprint density at radius 1 is 0.469 bits per heavy atom. The summed E-state index contributed by atoms with van der Waals surface area (Å²) in [5.41, 5.74) is 7.64. The van der Waals surface area contributed by atoms with Gasteiger partial charge >= 0.3 is 0 Å². The Morgan fingerprint density at radius 2 is 1.00 bits per heavy atom. The van der Waals surface area contributed by atoms with Crippen molar-refractivity contribution in [1.82, 2.24) is 9.97 Å². The minimum Gasteiger partial charge on any atom is -0.325 e. The minimum absolute atomic E-state index is 0.764. The first kappa shape index (κ1) is 19.7. The smallest absolute Gasteiger partial charge is 0.132 e. The molecule has 0 aliphatic heterocycles. The van der Waals surface area contributed by atoms with Crippen LogP contribution < -0.4 is 5.32 Å². The van der Waals surface area contributed by atoms with E-state index >= 15 is 0 Å². The van der Waals surface area contributed by atoms with Crippen molar-refractivity contribution in [2.45, 2.75) is 6.92 Å². The fraction of sp³-hybridized carbons (Fsp3) is 0.0345. The zero-order chi connectivity index (χ0) is 21.8. The van der Waals surface area contributed by atoms with E-state index in [9.17, 15) is 0 Å². The molecule has 1 N–H and O–H groups in total. The van der Waals surface area contributed by atoms with E-state index in [-0.39, 0.29) is 0 Å². The van der Waals surface area contributed by atoms with Gasteiger partial charge in [0.05, 0.1) is 11.4 Å². The second-order valence-corrected chi connectivity index (χ2v) is 7.67. The van der Waals surface area contributed by atoms with Gasteiger partial charge in [-0.3, -0.25) is 0 Å². The highest BCUT2D eigenvalue weighted by atomic mass is 15.1. The molecule has 0 aliphatic carbocycles. The van der Waals surface area contributed by atoms with Gasteiger partial charge in [-0.25, -0.2) is 9.97 Å². The Labute approximate surface area is 188 Å². The molecule has 0 saturated carbocycles. The van der Waals surface area contributed by atoms with E-state index in [1.165, 1.54) is 11.1 Å². The molecular weight excluding hydrogens is 390 g/mol. The quantitative estimate of drug-likeness (QED) is 0.324. The van der Waals surface area contributed by atoms with Crippen LogP contribution in [0.25, 0.3) is 33.6 Å². The highest BCUT2D eigenvalue weighted by Gasteiger charge is 2.09. The topological polar surface area (TPSA) is 37.8 Å². The molecule has 3 aromatic carbocycles. The molecule has 5 aromatic rings. The van der Waals surface area contributed by atoms with E-state index in [0.29, 0.717) is 0 Å². The molecule has 2 aromatic heterocycles. The lowest BCUT2D eigenvalue weighted by atomic mass is 9.97. The first-order valence-corrected chi connectivity index (χ1v) is 10.7. The molecular formula is C29H23N3. The lowest BCUT2D eigenvalue weighted by Crippen LogP contribution is -1.98. The van der Waals surface area contributed by atoms with Crippen LogP contribution in [0.2, 0.25) is 0 Å². The Kier molecular flexibility index (Phi) is 5.46. The molecule has 0 bridgehead atoms. The van der Waals surface area contributed by atoms with Gasteiger partial charge < -0.3 is 5.32 Å². The molecule has 0 unspecified atom stereocenters. The van der Waals surface area contributed by atoms with Gasteiger partial charge in [-0.1, -0.05) is 91.0 Å². The summed E-state index contributed by atoms with van der Waals surface area (Å²) in [7, 11) is 0. The molecule has 2 heterocycles. The fourth-order valence-corrected chi connectivity index (χ4v) is 3.88. The van der Waals surface area contributed by atoms with Crippen molar-refractivity contribution in [2.75, 3.05) is 5.32 Å². The SMILES string of the molecule is Cc1ccccc1-c1cccc(Nc2cccc(-c3ccccc3-c3ccccc3)n2)n1. The van der Waals surface area contributed by atoms with Crippen LogP contribution in [0.3, 0.4) is 0 Å². The second-order valence-electron chi connectivity index (χ2n) is 7.67. The zero-order valence-corrected chi connectivity index (χ0v) is 17.9. The van der Waals surface area contributed by atoms with Gasteiger partial charge in [0, 0.05) is 11.1 Å². The molecule has 154 valence electrons. The number of hydrogen-bond donors (Lipinski definition) is 1. The third-order valence-electron chi connectivity index (χ3n) is 5.46. The molecule has 0 spiro atoms. The zero-order valence-electron chi connectivity index (χ0n) is 17.9. The summed E-state index contributed by atoms with van der Waals surface area (Å²) >= 11 is 0. The van der Waals surface area contributed by atoms with Gasteiger partial charge in [0.15, 0.2) is 0 Å². The normalized spacial score (nSPS) is 10.7. The van der Waals surface area contributed by atoms with Crippen LogP contribution >= 0.6 is 0 Å². The number of rotatable bonds is 5. The molecule has 0 atom stereocenters. The van der Waals surface area contributed by atoms with Crippen molar-refractivity contribution in [3.8, 4) is 33.6 Å². The van der Waals surface area contributed by atoms with Crippen LogP contribution in [-0.2, 0) is 0 Å². The highest BCUT2D eigenvalue weighted by Crippen LogP contribution is 2.31. The number of aryl methyl sites for hydroxylation is 1. The van der Waals surface area contributed by atoms with E-state index in [1.807, 2.05) is 54.6 Å². The number of pyridine rings is 2. The van der Waals surface area contributed by atoms with Crippen molar-refractivity contribution in [3.05, 3.63) is 121 Å². The van der Waals surface area contributed by atoms with Crippen LogP contribution in [-0.4, -0.2) is 9.97 Å². The van der Waals surface area contributed by atoms with Gasteiger partial charge in [-0.15, -0.1) is 0 Å². The Hall–Kier alpha value is -4.24. The molecule has 5 rings (SSSR count). The van der Waals surface area contributed by atoms with Crippen molar-refractivity contribution in [1.29, 1.82) is 0 Å². The van der Waals surface area contributed by atoms with Gasteiger partial charge in [-0.2, -0.15) is 0 Å². The molecule has 0 radical (unpaired) electrons. The Morgan fingerprint density at radius 3 is 1.66 bits per heavy atom. The Bertz CT molecular complexity index is 1360. The molecule has 3 nitrogen and oxygen atoms in total. The predicted molar refractivity (Wildman–Crippen MR) is 133 cm³/mol. The van der Waals surface area contributed by atoms with Crippen molar-refractivity contribution >= 4 is 11.6 Å². The van der Waals surface area contributed by atoms with Gasteiger partial charge in [0.1, 0.15) is 11.6 Å². The summed E-state index contributed by atoms with van der Waals surface area (Å²) in [6, 6.07) is 39.1. The van der Waals surface area contributed by atoms with Crippen molar-refractivity contribution in [2.24, 2.45) is 0 Å². The molecule has 0 fully saturated rings. The largest absolute Gasteiger partial charge is 0.325 e. The summed E-state index contributed by atoms with van der Waals surface area (Å²) in [6.07, 6.45) is 0. The Balaban J connectivity index is 1.47. The van der Waals surface area contributed by atoms with Crippen molar-refractivity contribution < 1.29 is 0 Å². The maximum Gasteiger partial charge on any atom is 0.132 e. The number of hydrogen-bond acceptors (Lipinski definition) is 3. The average Bonchev–Trinajstić information content (AvgIpc) is 2.85. The summed E-state index contributed by atoms with van der Waals surface area (Å²) in [5.74, 6) is 1.53. The van der Waals surface area contributed by atoms with E-state index < -0.39 is 0 Å². The molecule has 0 aliphatic rings. The van der Waals surface area contributed by atoms with Gasteiger partial charge in [0.2, 0.25) is 0 Å². The molecule has 32 heavy (non-hydrogen) atoms. The summed E-state index contributed by atoms with van der Waals surface area (Å²) in [6.45, 7) is 2.10. The highest BCUT2D eigenvalue weighted by molar-refractivity contribution is 5.82. The number of nitrogens with one attached hydrogen (secondary N) is 1. The van der Waals surface area contributed by atoms with Crippen LogP contribution in [0.5, 0.6) is 0 Å². The monoisotopic (exact) mass is 413 g/mol. The summed E-state index contributed by atoms with van der Waals surface area (Å²) in [5, 5.41) is 3.38. The molecule has 0 amide bonds. The van der Waals surface area contributed by atoms with Gasteiger partial charge in [-0.05, 0) is 47.9 Å². The van der Waals surface area contributed by atoms with Crippen LogP contribution in [0, 0.1) is 6.92 Å². The third kappa shape index (κ3) is 4.14. The first-order valence-electron chi connectivity index (χ1n) is 10.7. The maximum absolute atomic E-state index is 4.89. The van der Waals surface area contributed by atoms with E-state index in [4.69, 9.17) is 9.97 Å². The molecule has 3 heteroatoms. The van der Waals surface area contributed by atoms with Crippen molar-refractivity contribution in [3.63, 3.8) is 0 Å². The van der Waals surface area contributed by atoms with E-state index in [0.717, 1.165) is 39.7 Å². The van der Waals surface area contributed by atoms with Gasteiger partial charge in [0.25, 0.3) is 0 Å². The molecule has 0 saturated heterocycles. The lowest BCUT2D eigenvalue weighted by Gasteiger charge is -2.12. The lowest BCUT2D eigenvalue weighted by molar-refractivity contribution is 1.25. The summed E-state index contributed by atoms with van der Waals surface area (Å²) < 4.78 is 0. The average molecular weight is 414 g/mol. The maximum atomic E-state index is 4.89. The van der Waals surface area contributed by atoms with Crippen LogP contribution in [0.15, 0.2) is 115 Å². The second kappa shape index (κ2) is 8.86. The van der Waals surface area contributed by atoms with Crippen LogP contribution in [0.1, 0.15) is 5.56 Å².